The van der Waals surface area contributed by atoms with Crippen LogP contribution in [0.2, 0.25) is 0 Å². The minimum Gasteiger partial charge on any atom is -0.456 e. The van der Waals surface area contributed by atoms with Crippen molar-refractivity contribution in [2.24, 2.45) is 0 Å². The highest BCUT2D eigenvalue weighted by Gasteiger charge is 2.25. The summed E-state index contributed by atoms with van der Waals surface area (Å²) in [4.78, 5) is 0. The van der Waals surface area contributed by atoms with E-state index in [1.54, 1.807) is 0 Å². The largest absolute Gasteiger partial charge is 0.456 e. The second-order valence-corrected chi connectivity index (χ2v) is 12.7. The molecule has 230 valence electrons. The van der Waals surface area contributed by atoms with E-state index in [4.69, 9.17) is 8.83 Å². The standard InChI is InChI=1S/C44H22N4O2/c45-23-25-21-35(47-31-13-5-1-9-26(31)41-33(47)17-19-39-43(41)28-11-3-7-15-37(28)49-39)30(24-46)36(22-25)48-32-14-6-2-10-27(32)42-34(48)18-20-40-44(42)29-12-4-8-16-38(29)50-40/h1-22H. The van der Waals surface area contributed by atoms with E-state index in [0.717, 1.165) is 87.5 Å². The highest BCUT2D eigenvalue weighted by Crippen LogP contribution is 2.44. The van der Waals surface area contributed by atoms with Gasteiger partial charge in [0.15, 0.2) is 0 Å². The van der Waals surface area contributed by atoms with Crippen molar-refractivity contribution in [1.29, 1.82) is 10.5 Å². The maximum Gasteiger partial charge on any atom is 0.136 e. The predicted molar refractivity (Wildman–Crippen MR) is 199 cm³/mol. The van der Waals surface area contributed by atoms with Crippen LogP contribution in [-0.4, -0.2) is 9.13 Å². The van der Waals surface area contributed by atoms with Crippen molar-refractivity contribution < 1.29 is 8.83 Å². The van der Waals surface area contributed by atoms with E-state index in [1.807, 2.05) is 84.9 Å². The Bertz CT molecular complexity index is 3150. The van der Waals surface area contributed by atoms with Crippen molar-refractivity contribution in [2.75, 3.05) is 0 Å². The average Bonchev–Trinajstić information content (AvgIpc) is 3.91. The maximum atomic E-state index is 11.1. The smallest absolute Gasteiger partial charge is 0.136 e. The first-order valence-electron chi connectivity index (χ1n) is 16.4. The van der Waals surface area contributed by atoms with E-state index >= 15 is 0 Å². The number of nitrogens with zero attached hydrogens (tertiary/aromatic N) is 4. The third-order valence-corrected chi connectivity index (χ3v) is 10.2. The van der Waals surface area contributed by atoms with E-state index in [0.29, 0.717) is 22.5 Å². The third-order valence-electron chi connectivity index (χ3n) is 10.2. The quantitative estimate of drug-likeness (QED) is 0.189. The molecule has 4 aromatic heterocycles. The summed E-state index contributed by atoms with van der Waals surface area (Å²) in [5.74, 6) is 0. The SMILES string of the molecule is N#Cc1cc(-n2c3ccccc3c3c4c(ccc32)oc2ccccc24)c(C#N)c(-n2c3ccccc3c3c4c(ccc32)oc2ccccc24)c1. The Labute approximate surface area is 283 Å². The van der Waals surface area contributed by atoms with Crippen LogP contribution in [0, 0.1) is 22.7 Å². The van der Waals surface area contributed by atoms with Crippen LogP contribution in [0.4, 0.5) is 0 Å². The number of furan rings is 2. The van der Waals surface area contributed by atoms with Gasteiger partial charge in [0.25, 0.3) is 0 Å². The van der Waals surface area contributed by atoms with Gasteiger partial charge in [-0.15, -0.1) is 0 Å². The van der Waals surface area contributed by atoms with Gasteiger partial charge in [-0.3, -0.25) is 0 Å². The van der Waals surface area contributed by atoms with Crippen molar-refractivity contribution >= 4 is 87.5 Å². The molecule has 6 heteroatoms. The Morgan fingerprint density at radius 2 is 0.840 bits per heavy atom. The topological polar surface area (TPSA) is 83.7 Å². The molecule has 4 heterocycles. The van der Waals surface area contributed by atoms with Crippen LogP contribution < -0.4 is 0 Å². The number of aromatic nitrogens is 2. The molecule has 50 heavy (non-hydrogen) atoms. The molecule has 0 unspecified atom stereocenters. The summed E-state index contributed by atoms with van der Waals surface area (Å²) in [6.45, 7) is 0. The molecule has 0 aliphatic rings. The van der Waals surface area contributed by atoms with Gasteiger partial charge in [-0.1, -0.05) is 72.8 Å². The van der Waals surface area contributed by atoms with Gasteiger partial charge in [0.05, 0.1) is 45.1 Å². The summed E-state index contributed by atoms with van der Waals surface area (Å²) < 4.78 is 16.8. The van der Waals surface area contributed by atoms with Crippen molar-refractivity contribution in [1.82, 2.24) is 9.13 Å². The van der Waals surface area contributed by atoms with E-state index < -0.39 is 0 Å². The Hall–Kier alpha value is -7.28. The van der Waals surface area contributed by atoms with Crippen LogP contribution in [0.5, 0.6) is 0 Å². The Morgan fingerprint density at radius 3 is 1.30 bits per heavy atom. The van der Waals surface area contributed by atoms with Crippen molar-refractivity contribution in [3.05, 3.63) is 145 Å². The zero-order chi connectivity index (χ0) is 33.1. The number of para-hydroxylation sites is 4. The summed E-state index contributed by atoms with van der Waals surface area (Å²) in [5.41, 5.74) is 9.18. The first kappa shape index (κ1) is 26.8. The fourth-order valence-corrected chi connectivity index (χ4v) is 8.21. The molecule has 11 rings (SSSR count). The Kier molecular flexibility index (Phi) is 5.16. The van der Waals surface area contributed by atoms with Gasteiger partial charge in [-0.25, -0.2) is 0 Å². The van der Waals surface area contributed by atoms with Crippen molar-refractivity contribution in [3.8, 4) is 23.5 Å². The second-order valence-electron chi connectivity index (χ2n) is 12.7. The summed E-state index contributed by atoms with van der Waals surface area (Å²) in [5, 5.41) is 29.9. The second kappa shape index (κ2) is 9.64. The number of hydrogen-bond acceptors (Lipinski definition) is 4. The molecular formula is C44H22N4O2. The molecule has 0 aliphatic carbocycles. The van der Waals surface area contributed by atoms with Crippen LogP contribution >= 0.6 is 0 Å². The molecule has 0 atom stereocenters. The van der Waals surface area contributed by atoms with E-state index in [1.165, 1.54) is 0 Å². The first-order valence-corrected chi connectivity index (χ1v) is 16.4. The summed E-state index contributed by atoms with van der Waals surface area (Å²) >= 11 is 0. The Morgan fingerprint density at radius 1 is 0.400 bits per heavy atom. The number of rotatable bonds is 2. The first-order chi connectivity index (χ1) is 24.7. The molecule has 0 radical (unpaired) electrons. The van der Waals surface area contributed by atoms with Gasteiger partial charge in [-0.2, -0.15) is 10.5 Å². The van der Waals surface area contributed by atoms with Crippen LogP contribution in [0.15, 0.2) is 142 Å². The van der Waals surface area contributed by atoms with Crippen molar-refractivity contribution in [3.63, 3.8) is 0 Å². The van der Waals surface area contributed by atoms with Gasteiger partial charge in [0.1, 0.15) is 34.0 Å². The lowest BCUT2D eigenvalue weighted by atomic mass is 10.0. The van der Waals surface area contributed by atoms with E-state index in [-0.39, 0.29) is 0 Å². The molecule has 6 nitrogen and oxygen atoms in total. The van der Waals surface area contributed by atoms with Crippen LogP contribution in [-0.2, 0) is 0 Å². The van der Waals surface area contributed by atoms with E-state index in [9.17, 15) is 10.5 Å². The summed E-state index contributed by atoms with van der Waals surface area (Å²) in [7, 11) is 0. The molecule has 0 fully saturated rings. The monoisotopic (exact) mass is 638 g/mol. The van der Waals surface area contributed by atoms with Crippen LogP contribution in [0.1, 0.15) is 11.1 Å². The highest BCUT2D eigenvalue weighted by molar-refractivity contribution is 6.28. The lowest BCUT2D eigenvalue weighted by Crippen LogP contribution is -2.05. The molecule has 0 saturated carbocycles. The lowest BCUT2D eigenvalue weighted by Gasteiger charge is -2.16. The lowest BCUT2D eigenvalue weighted by molar-refractivity contribution is 0.669. The van der Waals surface area contributed by atoms with Gasteiger partial charge in [-0.05, 0) is 60.7 Å². The van der Waals surface area contributed by atoms with Gasteiger partial charge in [0.2, 0.25) is 0 Å². The van der Waals surface area contributed by atoms with E-state index in [2.05, 4.69) is 69.8 Å². The minimum absolute atomic E-state index is 0.454. The van der Waals surface area contributed by atoms with Crippen molar-refractivity contribution in [2.45, 2.75) is 0 Å². The molecule has 0 N–H and O–H groups in total. The fraction of sp³-hybridized carbons (Fsp3) is 0. The normalized spacial score (nSPS) is 12.0. The number of hydrogen-bond donors (Lipinski definition) is 0. The van der Waals surface area contributed by atoms with Gasteiger partial charge >= 0.3 is 0 Å². The average molecular weight is 639 g/mol. The molecule has 7 aromatic carbocycles. The molecule has 0 bridgehead atoms. The zero-order valence-electron chi connectivity index (χ0n) is 26.3. The summed E-state index contributed by atoms with van der Waals surface area (Å²) in [6.07, 6.45) is 0. The predicted octanol–water partition coefficient (Wildman–Crippen LogP) is 11.4. The number of benzene rings is 7. The van der Waals surface area contributed by atoms with Gasteiger partial charge < -0.3 is 18.0 Å². The number of fused-ring (bicyclic) bond motifs is 14. The molecule has 0 spiro atoms. The molecule has 0 aliphatic heterocycles. The molecule has 0 amide bonds. The molecule has 0 saturated heterocycles. The van der Waals surface area contributed by atoms with Crippen LogP contribution in [0.25, 0.3) is 98.9 Å². The molecule has 11 aromatic rings. The van der Waals surface area contributed by atoms with Gasteiger partial charge in [0, 0.05) is 43.1 Å². The third kappa shape index (κ3) is 3.34. The fourth-order valence-electron chi connectivity index (χ4n) is 8.21. The maximum absolute atomic E-state index is 11.1. The molecular weight excluding hydrogens is 617 g/mol. The zero-order valence-corrected chi connectivity index (χ0v) is 26.3. The summed E-state index contributed by atoms with van der Waals surface area (Å²) in [6, 6.07) is 49.4. The van der Waals surface area contributed by atoms with Crippen LogP contribution in [0.3, 0.4) is 0 Å². The Balaban J connectivity index is 1.30. The highest BCUT2D eigenvalue weighted by atomic mass is 16.3. The number of nitriles is 2. The minimum atomic E-state index is 0.454.